The summed E-state index contributed by atoms with van der Waals surface area (Å²) in [5, 5.41) is 7.41. The van der Waals surface area contributed by atoms with Gasteiger partial charge in [0, 0.05) is 36.5 Å². The second-order valence-corrected chi connectivity index (χ2v) is 6.65. The summed E-state index contributed by atoms with van der Waals surface area (Å²) < 4.78 is 1.78. The average molecular weight is 350 g/mol. The minimum absolute atomic E-state index is 0.0343. The Bertz CT molecular complexity index is 907. The molecule has 2 aromatic heterocycles. The van der Waals surface area contributed by atoms with Gasteiger partial charge in [-0.3, -0.25) is 4.79 Å². The van der Waals surface area contributed by atoms with Crippen LogP contribution in [0.15, 0.2) is 42.7 Å². The molecule has 0 spiro atoms. The summed E-state index contributed by atoms with van der Waals surface area (Å²) in [6.45, 7) is 3.50. The number of fused-ring (bicyclic) bond motifs is 1. The van der Waals surface area contributed by atoms with Crippen LogP contribution in [0.2, 0.25) is 0 Å². The van der Waals surface area contributed by atoms with E-state index < -0.39 is 0 Å². The van der Waals surface area contributed by atoms with Crippen LogP contribution in [0.3, 0.4) is 0 Å². The van der Waals surface area contributed by atoms with Crippen LogP contribution in [-0.4, -0.2) is 44.6 Å². The molecule has 134 valence electrons. The van der Waals surface area contributed by atoms with Crippen molar-refractivity contribution in [3.8, 4) is 0 Å². The monoisotopic (exact) mass is 350 g/mol. The molecule has 0 saturated carbocycles. The highest BCUT2D eigenvalue weighted by Crippen LogP contribution is 2.25. The standard InChI is InChI=1S/C19H22N6O/c1-14-11-17(25-19(23-14)21-13-22-25)24-10-6-5-9-16(24)12-20-18(26)15-7-3-2-4-8-15/h2-4,7-8,11,13,16H,5-6,9-10,12H2,1H3,(H,20,26). The van der Waals surface area contributed by atoms with Crippen LogP contribution in [0.25, 0.3) is 5.78 Å². The Hall–Kier alpha value is -2.96. The Balaban J connectivity index is 1.55. The fraction of sp³-hybridized carbons (Fsp3) is 0.368. The van der Waals surface area contributed by atoms with Crippen molar-refractivity contribution < 1.29 is 4.79 Å². The Labute approximate surface area is 152 Å². The second-order valence-electron chi connectivity index (χ2n) is 6.65. The van der Waals surface area contributed by atoms with E-state index in [0.717, 1.165) is 37.3 Å². The third-order valence-corrected chi connectivity index (χ3v) is 4.82. The number of nitrogens with one attached hydrogen (secondary N) is 1. The summed E-state index contributed by atoms with van der Waals surface area (Å²) >= 11 is 0. The van der Waals surface area contributed by atoms with Crippen molar-refractivity contribution >= 4 is 17.5 Å². The van der Waals surface area contributed by atoms with Crippen molar-refractivity contribution in [3.63, 3.8) is 0 Å². The summed E-state index contributed by atoms with van der Waals surface area (Å²) in [6.07, 6.45) is 4.85. The van der Waals surface area contributed by atoms with Gasteiger partial charge in [-0.15, -0.1) is 0 Å². The number of rotatable bonds is 4. The predicted molar refractivity (Wildman–Crippen MR) is 99.3 cm³/mol. The lowest BCUT2D eigenvalue weighted by molar-refractivity contribution is 0.0949. The normalized spacial score (nSPS) is 17.4. The van der Waals surface area contributed by atoms with Gasteiger partial charge >= 0.3 is 0 Å². The number of nitrogens with zero attached hydrogens (tertiary/aromatic N) is 5. The molecule has 0 aliphatic carbocycles. The molecule has 4 rings (SSSR count). The number of aromatic nitrogens is 4. The van der Waals surface area contributed by atoms with Gasteiger partial charge in [0.05, 0.1) is 0 Å². The zero-order valence-corrected chi connectivity index (χ0v) is 14.8. The van der Waals surface area contributed by atoms with Gasteiger partial charge in [0.1, 0.15) is 12.1 Å². The van der Waals surface area contributed by atoms with E-state index in [9.17, 15) is 4.79 Å². The summed E-state index contributed by atoms with van der Waals surface area (Å²) in [6, 6.07) is 11.6. The van der Waals surface area contributed by atoms with Gasteiger partial charge in [-0.25, -0.2) is 4.98 Å². The van der Waals surface area contributed by atoms with E-state index in [1.54, 1.807) is 4.52 Å². The summed E-state index contributed by atoms with van der Waals surface area (Å²) in [4.78, 5) is 23.4. The number of carbonyl (C=O) groups excluding carboxylic acids is 1. The van der Waals surface area contributed by atoms with Crippen LogP contribution in [-0.2, 0) is 0 Å². The smallest absolute Gasteiger partial charge is 0.254 e. The largest absolute Gasteiger partial charge is 0.352 e. The molecular weight excluding hydrogens is 328 g/mol. The van der Waals surface area contributed by atoms with Crippen molar-refractivity contribution in [2.24, 2.45) is 0 Å². The van der Waals surface area contributed by atoms with Gasteiger partial charge in [0.25, 0.3) is 11.7 Å². The Morgan fingerprint density at radius 2 is 2.12 bits per heavy atom. The molecule has 1 amide bonds. The average Bonchev–Trinajstić information content (AvgIpc) is 3.14. The highest BCUT2D eigenvalue weighted by molar-refractivity contribution is 5.94. The maximum atomic E-state index is 12.4. The van der Waals surface area contributed by atoms with Gasteiger partial charge in [0.15, 0.2) is 0 Å². The Morgan fingerprint density at radius 3 is 2.96 bits per heavy atom. The van der Waals surface area contributed by atoms with Gasteiger partial charge < -0.3 is 10.2 Å². The zero-order chi connectivity index (χ0) is 17.9. The maximum absolute atomic E-state index is 12.4. The third-order valence-electron chi connectivity index (χ3n) is 4.82. The zero-order valence-electron chi connectivity index (χ0n) is 14.8. The van der Waals surface area contributed by atoms with E-state index in [2.05, 4.69) is 25.3 Å². The van der Waals surface area contributed by atoms with E-state index >= 15 is 0 Å². The van der Waals surface area contributed by atoms with Crippen LogP contribution in [0.1, 0.15) is 35.3 Å². The highest BCUT2D eigenvalue weighted by Gasteiger charge is 2.26. The molecule has 3 aromatic rings. The van der Waals surface area contributed by atoms with Crippen molar-refractivity contribution in [2.75, 3.05) is 18.0 Å². The molecule has 7 heteroatoms. The highest BCUT2D eigenvalue weighted by atomic mass is 16.1. The lowest BCUT2D eigenvalue weighted by Crippen LogP contribution is -2.47. The topological polar surface area (TPSA) is 75.4 Å². The third kappa shape index (κ3) is 3.24. The maximum Gasteiger partial charge on any atom is 0.254 e. The minimum Gasteiger partial charge on any atom is -0.352 e. The molecule has 1 aromatic carbocycles. The van der Waals surface area contributed by atoms with Crippen LogP contribution < -0.4 is 10.2 Å². The molecular formula is C19H22N6O. The lowest BCUT2D eigenvalue weighted by atomic mass is 10.0. The SMILES string of the molecule is Cc1cc(N2CCCCC2CNC(=O)c2ccccc2)n2ncnc2n1. The summed E-state index contributed by atoms with van der Waals surface area (Å²) in [5.41, 5.74) is 1.60. The number of benzene rings is 1. The first-order chi connectivity index (χ1) is 12.7. The van der Waals surface area contributed by atoms with Crippen LogP contribution in [0, 0.1) is 6.92 Å². The number of aryl methyl sites for hydroxylation is 1. The quantitative estimate of drug-likeness (QED) is 0.781. The van der Waals surface area contributed by atoms with Crippen LogP contribution in [0.5, 0.6) is 0 Å². The van der Waals surface area contributed by atoms with Crippen LogP contribution in [0.4, 0.5) is 5.82 Å². The van der Waals surface area contributed by atoms with Gasteiger partial charge in [0.2, 0.25) is 0 Å². The molecule has 1 aliphatic heterocycles. The Kier molecular flexibility index (Phi) is 4.51. The van der Waals surface area contributed by atoms with E-state index in [0.29, 0.717) is 17.9 Å². The Morgan fingerprint density at radius 1 is 1.27 bits per heavy atom. The second kappa shape index (κ2) is 7.11. The molecule has 1 fully saturated rings. The first kappa shape index (κ1) is 16.5. The number of hydrogen-bond acceptors (Lipinski definition) is 5. The summed E-state index contributed by atoms with van der Waals surface area (Å²) in [5.74, 6) is 1.56. The number of anilines is 1. The molecule has 1 N–H and O–H groups in total. The van der Waals surface area contributed by atoms with E-state index in [4.69, 9.17) is 0 Å². The van der Waals surface area contributed by atoms with Gasteiger partial charge in [-0.1, -0.05) is 18.2 Å². The number of amides is 1. The van der Waals surface area contributed by atoms with E-state index in [1.165, 1.54) is 6.33 Å². The lowest BCUT2D eigenvalue weighted by Gasteiger charge is -2.37. The molecule has 0 bridgehead atoms. The molecule has 26 heavy (non-hydrogen) atoms. The molecule has 0 radical (unpaired) electrons. The molecule has 3 heterocycles. The fourth-order valence-electron chi connectivity index (χ4n) is 3.53. The molecule has 1 unspecified atom stereocenters. The molecule has 1 aliphatic rings. The van der Waals surface area contributed by atoms with E-state index in [-0.39, 0.29) is 11.9 Å². The van der Waals surface area contributed by atoms with Crippen molar-refractivity contribution in [1.82, 2.24) is 24.9 Å². The molecule has 1 atom stereocenters. The van der Waals surface area contributed by atoms with Crippen LogP contribution >= 0.6 is 0 Å². The number of carbonyl (C=O) groups is 1. The fourth-order valence-corrected chi connectivity index (χ4v) is 3.53. The van der Waals surface area contributed by atoms with Crippen molar-refractivity contribution in [1.29, 1.82) is 0 Å². The molecule has 1 saturated heterocycles. The number of hydrogen-bond donors (Lipinski definition) is 1. The van der Waals surface area contributed by atoms with E-state index in [1.807, 2.05) is 43.3 Å². The van der Waals surface area contributed by atoms with Gasteiger partial charge in [-0.05, 0) is 38.3 Å². The van der Waals surface area contributed by atoms with Crippen molar-refractivity contribution in [3.05, 3.63) is 54.0 Å². The minimum atomic E-state index is -0.0343. The molecule has 7 nitrogen and oxygen atoms in total. The number of piperidine rings is 1. The first-order valence-electron chi connectivity index (χ1n) is 8.99. The first-order valence-corrected chi connectivity index (χ1v) is 8.99. The van der Waals surface area contributed by atoms with Gasteiger partial charge in [-0.2, -0.15) is 14.6 Å². The summed E-state index contributed by atoms with van der Waals surface area (Å²) in [7, 11) is 0. The van der Waals surface area contributed by atoms with Crippen molar-refractivity contribution in [2.45, 2.75) is 32.2 Å². The predicted octanol–water partition coefficient (Wildman–Crippen LogP) is 2.22.